The summed E-state index contributed by atoms with van der Waals surface area (Å²) < 4.78 is 18.4. The molecule has 1 fully saturated rings. The maximum atomic E-state index is 12.6. The van der Waals surface area contributed by atoms with Crippen LogP contribution in [0.4, 0.5) is 0 Å². The van der Waals surface area contributed by atoms with E-state index in [1.807, 2.05) is 48.5 Å². The average Bonchev–Trinajstić information content (AvgIpc) is 2.99. The molecule has 5 heteroatoms. The van der Waals surface area contributed by atoms with Crippen molar-refractivity contribution in [2.75, 3.05) is 19.5 Å². The van der Waals surface area contributed by atoms with Gasteiger partial charge in [0.15, 0.2) is 0 Å². The number of oxime groups is 1. The van der Waals surface area contributed by atoms with Gasteiger partial charge in [-0.3, -0.25) is 4.21 Å². The van der Waals surface area contributed by atoms with Crippen LogP contribution in [0.25, 0.3) is 0 Å². The van der Waals surface area contributed by atoms with Crippen molar-refractivity contribution >= 4 is 16.7 Å². The Balaban J connectivity index is 1.75. The average molecular weight is 343 g/mol. The van der Waals surface area contributed by atoms with Gasteiger partial charge < -0.3 is 9.57 Å². The summed E-state index contributed by atoms with van der Waals surface area (Å²) in [6.07, 6.45) is 0.805. The smallest absolute Gasteiger partial charge is 0.229 e. The van der Waals surface area contributed by atoms with E-state index in [1.54, 1.807) is 0 Å². The van der Waals surface area contributed by atoms with Gasteiger partial charge in [0.1, 0.15) is 7.11 Å². The number of nitrogens with zero attached hydrogens (tertiary/aromatic N) is 1. The van der Waals surface area contributed by atoms with Crippen LogP contribution in [0.1, 0.15) is 5.56 Å². The summed E-state index contributed by atoms with van der Waals surface area (Å²) >= 11 is 0. The van der Waals surface area contributed by atoms with Crippen molar-refractivity contribution in [2.45, 2.75) is 11.3 Å². The van der Waals surface area contributed by atoms with Gasteiger partial charge in [-0.2, -0.15) is 0 Å². The fraction of sp³-hybridized carbons (Fsp3) is 0.316. The molecular weight excluding hydrogens is 322 g/mol. The molecule has 0 spiro atoms. The fourth-order valence-electron chi connectivity index (χ4n) is 2.95. The summed E-state index contributed by atoms with van der Waals surface area (Å²) in [4.78, 5) is 5.77. The Kier molecular flexibility index (Phi) is 5.64. The zero-order valence-corrected chi connectivity index (χ0v) is 14.4. The quantitative estimate of drug-likeness (QED) is 0.757. The molecule has 0 N–H and O–H groups in total. The fourth-order valence-corrected chi connectivity index (χ4v) is 4.32. The van der Waals surface area contributed by atoms with E-state index in [1.165, 1.54) is 12.7 Å². The molecule has 126 valence electrons. The molecule has 1 saturated heterocycles. The van der Waals surface area contributed by atoms with Gasteiger partial charge in [-0.25, -0.2) is 0 Å². The molecule has 0 bridgehead atoms. The highest BCUT2D eigenvalue weighted by molar-refractivity contribution is 7.85. The van der Waals surface area contributed by atoms with Crippen molar-refractivity contribution in [1.82, 2.24) is 0 Å². The molecule has 0 amide bonds. The molecule has 24 heavy (non-hydrogen) atoms. The van der Waals surface area contributed by atoms with Crippen LogP contribution in [-0.4, -0.2) is 29.6 Å². The van der Waals surface area contributed by atoms with Crippen LogP contribution in [-0.2, 0) is 26.8 Å². The van der Waals surface area contributed by atoms with Crippen molar-refractivity contribution in [3.63, 3.8) is 0 Å². The Hall–Kier alpha value is -2.14. The summed E-state index contributed by atoms with van der Waals surface area (Å²) in [5.41, 5.74) is 1.22. The molecule has 3 atom stereocenters. The third-order valence-corrected chi connectivity index (χ3v) is 5.71. The Bertz CT molecular complexity index is 703. The second kappa shape index (κ2) is 8.11. The monoisotopic (exact) mass is 343 g/mol. The third-order valence-electron chi connectivity index (χ3n) is 4.18. The van der Waals surface area contributed by atoms with E-state index in [0.717, 1.165) is 11.3 Å². The lowest BCUT2D eigenvalue weighted by molar-refractivity contribution is 0.195. The van der Waals surface area contributed by atoms with Gasteiger partial charge in [-0.15, -0.1) is 0 Å². The Morgan fingerprint density at radius 1 is 1.12 bits per heavy atom. The van der Waals surface area contributed by atoms with Crippen molar-refractivity contribution in [3.05, 3.63) is 66.2 Å². The lowest BCUT2D eigenvalue weighted by Gasteiger charge is -2.16. The summed E-state index contributed by atoms with van der Waals surface area (Å²) in [5, 5.41) is 4.03. The minimum atomic E-state index is -1.05. The van der Waals surface area contributed by atoms with Crippen molar-refractivity contribution in [2.24, 2.45) is 17.0 Å². The van der Waals surface area contributed by atoms with Crippen molar-refractivity contribution in [1.29, 1.82) is 0 Å². The third kappa shape index (κ3) is 4.03. The predicted octanol–water partition coefficient (Wildman–Crippen LogP) is 3.26. The summed E-state index contributed by atoms with van der Waals surface area (Å²) in [6.45, 7) is 0.526. The number of hydrogen-bond acceptors (Lipinski definition) is 4. The standard InChI is InChI=1S/C19H21NO3S/c1-22-20-19-18(12-15-8-4-2-5-9-15)16(13-23-19)14-24(21)17-10-6-3-7-11-17/h2-11,16,18H,12-14H2,1H3/b20-19-/t16-,18-,24+/m0/s1. The zero-order chi connectivity index (χ0) is 16.8. The predicted molar refractivity (Wildman–Crippen MR) is 95.2 cm³/mol. The summed E-state index contributed by atoms with van der Waals surface area (Å²) in [6, 6.07) is 19.8. The molecule has 1 aliphatic rings. The Morgan fingerprint density at radius 3 is 2.46 bits per heavy atom. The Morgan fingerprint density at radius 2 is 1.79 bits per heavy atom. The minimum Gasteiger partial charge on any atom is -0.478 e. The highest BCUT2D eigenvalue weighted by atomic mass is 32.2. The lowest BCUT2D eigenvalue weighted by Crippen LogP contribution is -2.24. The molecule has 1 aliphatic heterocycles. The number of benzene rings is 2. The van der Waals surface area contributed by atoms with Gasteiger partial charge in [0.2, 0.25) is 5.90 Å². The van der Waals surface area contributed by atoms with E-state index in [4.69, 9.17) is 9.57 Å². The minimum absolute atomic E-state index is 0.0833. The van der Waals surface area contributed by atoms with E-state index >= 15 is 0 Å². The van der Waals surface area contributed by atoms with Crippen LogP contribution in [0.3, 0.4) is 0 Å². The van der Waals surface area contributed by atoms with Crippen LogP contribution >= 0.6 is 0 Å². The molecule has 0 unspecified atom stereocenters. The maximum absolute atomic E-state index is 12.6. The topological polar surface area (TPSA) is 47.9 Å². The molecule has 0 radical (unpaired) electrons. The normalized spacial score (nSPS) is 23.0. The van der Waals surface area contributed by atoms with Gasteiger partial charge in [-0.1, -0.05) is 53.7 Å². The van der Waals surface area contributed by atoms with Crippen LogP contribution in [0.2, 0.25) is 0 Å². The summed E-state index contributed by atoms with van der Waals surface area (Å²) in [7, 11) is 0.473. The van der Waals surface area contributed by atoms with Gasteiger partial charge >= 0.3 is 0 Å². The molecule has 1 heterocycles. The molecule has 0 aromatic heterocycles. The first-order valence-electron chi connectivity index (χ1n) is 7.99. The summed E-state index contributed by atoms with van der Waals surface area (Å²) in [5.74, 6) is 1.40. The largest absolute Gasteiger partial charge is 0.478 e. The van der Waals surface area contributed by atoms with Crippen LogP contribution in [0, 0.1) is 11.8 Å². The molecule has 2 aromatic carbocycles. The molecule has 3 rings (SSSR count). The second-order valence-corrected chi connectivity index (χ2v) is 7.30. The number of ether oxygens (including phenoxy) is 1. The highest BCUT2D eigenvalue weighted by Crippen LogP contribution is 2.29. The van der Waals surface area contributed by atoms with Gasteiger partial charge in [0.05, 0.1) is 17.4 Å². The van der Waals surface area contributed by atoms with Gasteiger partial charge in [0.25, 0.3) is 0 Å². The maximum Gasteiger partial charge on any atom is 0.229 e. The van der Waals surface area contributed by atoms with E-state index in [9.17, 15) is 4.21 Å². The van der Waals surface area contributed by atoms with E-state index in [0.29, 0.717) is 18.3 Å². The van der Waals surface area contributed by atoms with E-state index in [2.05, 4.69) is 17.3 Å². The molecule has 4 nitrogen and oxygen atoms in total. The first-order valence-corrected chi connectivity index (χ1v) is 9.31. The van der Waals surface area contributed by atoms with Crippen LogP contribution in [0.5, 0.6) is 0 Å². The second-order valence-electron chi connectivity index (χ2n) is 5.80. The molecule has 0 aliphatic carbocycles. The van der Waals surface area contributed by atoms with Crippen LogP contribution in [0.15, 0.2) is 70.7 Å². The van der Waals surface area contributed by atoms with E-state index < -0.39 is 10.8 Å². The van der Waals surface area contributed by atoms with Gasteiger partial charge in [-0.05, 0) is 24.1 Å². The first-order chi connectivity index (χ1) is 11.8. The van der Waals surface area contributed by atoms with Crippen molar-refractivity contribution in [3.8, 4) is 0 Å². The first kappa shape index (κ1) is 16.7. The highest BCUT2D eigenvalue weighted by Gasteiger charge is 2.37. The number of rotatable bonds is 6. The van der Waals surface area contributed by atoms with Crippen molar-refractivity contribution < 1.29 is 13.8 Å². The Labute approximate surface area is 144 Å². The zero-order valence-electron chi connectivity index (χ0n) is 13.6. The van der Waals surface area contributed by atoms with Gasteiger partial charge in [0, 0.05) is 22.5 Å². The molecular formula is C19H21NO3S. The SMILES string of the molecule is CO/N=C1\OC[C@@H](C[S@@](=O)c2ccccc2)[C@@H]1Cc1ccccc1. The lowest BCUT2D eigenvalue weighted by atomic mass is 9.90. The number of hydrogen-bond donors (Lipinski definition) is 0. The molecule has 0 saturated carbocycles. The molecule has 2 aromatic rings. The van der Waals surface area contributed by atoms with E-state index in [-0.39, 0.29) is 11.8 Å². The van der Waals surface area contributed by atoms with Crippen LogP contribution < -0.4 is 0 Å².